The highest BCUT2D eigenvalue weighted by Gasteiger charge is 2.23. The maximum atomic E-state index is 12.3. The lowest BCUT2D eigenvalue weighted by Crippen LogP contribution is -3.15. The van der Waals surface area contributed by atoms with Crippen LogP contribution < -0.4 is 15.5 Å². The van der Waals surface area contributed by atoms with Gasteiger partial charge in [0, 0.05) is 6.54 Å². The lowest BCUT2D eigenvalue weighted by molar-refractivity contribution is -0.895. The number of thiocarbonyl (C=S) groups is 1. The third-order valence-electron chi connectivity index (χ3n) is 4.60. The van der Waals surface area contributed by atoms with E-state index in [1.807, 2.05) is 36.4 Å². The molecule has 0 radical (unpaired) electrons. The smallest absolute Gasteiger partial charge is 0.279 e. The maximum absolute atomic E-state index is 12.3. The number of carbonyl (C=O) groups is 1. The zero-order valence-electron chi connectivity index (χ0n) is 15.1. The number of rotatable bonds is 5. The molecular weight excluding hydrogens is 380 g/mol. The second kappa shape index (κ2) is 9.69. The van der Waals surface area contributed by atoms with Crippen LogP contribution in [0, 0.1) is 0 Å². The summed E-state index contributed by atoms with van der Waals surface area (Å²) in [4.78, 5) is 15.7. The average molecular weight is 404 g/mol. The first-order valence-corrected chi connectivity index (χ1v) is 9.85. The average Bonchev–Trinajstić information content (AvgIpc) is 2.69. The van der Waals surface area contributed by atoms with Gasteiger partial charge in [0.15, 0.2) is 11.7 Å². The van der Waals surface area contributed by atoms with Gasteiger partial charge in [-0.2, -0.15) is 0 Å². The first kappa shape index (κ1) is 19.6. The summed E-state index contributed by atoms with van der Waals surface area (Å²) in [5, 5.41) is 7.54. The fourth-order valence-electron chi connectivity index (χ4n) is 3.07. The minimum absolute atomic E-state index is 0.0173. The van der Waals surface area contributed by atoms with Crippen LogP contribution in [0.3, 0.4) is 0 Å². The van der Waals surface area contributed by atoms with Crippen LogP contribution in [0.4, 0.5) is 5.69 Å². The number of piperazine rings is 1. The monoisotopic (exact) mass is 403 g/mol. The van der Waals surface area contributed by atoms with Gasteiger partial charge in [-0.05, 0) is 29.9 Å². The minimum Gasteiger partial charge on any atom is -0.358 e. The number of benzene rings is 2. The van der Waals surface area contributed by atoms with Crippen LogP contribution in [0.15, 0.2) is 54.6 Å². The summed E-state index contributed by atoms with van der Waals surface area (Å²) in [6, 6.07) is 17.5. The number of para-hydroxylation sites is 1. The standard InChI is InChI=1S/C20H23ClN4OS/c21-17-8-4-5-9-18(17)23-19(26)15-24-10-12-25(13-11-24)20(27)22-14-16-6-2-1-3-7-16/h1-9H,10-15H2,(H,22,27)(H,23,26)/p+1. The van der Waals surface area contributed by atoms with Crippen molar-refractivity contribution >= 4 is 40.5 Å². The molecule has 1 amide bonds. The van der Waals surface area contributed by atoms with E-state index in [1.165, 1.54) is 10.5 Å². The van der Waals surface area contributed by atoms with E-state index in [-0.39, 0.29) is 5.91 Å². The molecule has 1 aliphatic heterocycles. The molecule has 2 aromatic carbocycles. The normalized spacial score (nSPS) is 14.6. The van der Waals surface area contributed by atoms with Crippen LogP contribution in [-0.2, 0) is 11.3 Å². The third kappa shape index (κ3) is 5.92. The maximum Gasteiger partial charge on any atom is 0.279 e. The van der Waals surface area contributed by atoms with Crippen LogP contribution in [0.25, 0.3) is 0 Å². The molecule has 5 nitrogen and oxygen atoms in total. The van der Waals surface area contributed by atoms with Gasteiger partial charge < -0.3 is 20.4 Å². The molecule has 1 fully saturated rings. The zero-order valence-corrected chi connectivity index (χ0v) is 16.7. The number of amides is 1. The summed E-state index contributed by atoms with van der Waals surface area (Å²) in [6.07, 6.45) is 0. The SMILES string of the molecule is O=C(C[NH+]1CCN(C(=S)NCc2ccccc2)CC1)Nc1ccccc1Cl. The largest absolute Gasteiger partial charge is 0.358 e. The van der Waals surface area contributed by atoms with E-state index in [4.69, 9.17) is 23.8 Å². The number of hydrogen-bond acceptors (Lipinski definition) is 2. The van der Waals surface area contributed by atoms with E-state index in [9.17, 15) is 4.79 Å². The van der Waals surface area contributed by atoms with E-state index < -0.39 is 0 Å². The van der Waals surface area contributed by atoms with Gasteiger partial charge in [-0.3, -0.25) is 4.79 Å². The quantitative estimate of drug-likeness (QED) is 0.663. The summed E-state index contributed by atoms with van der Waals surface area (Å²) in [6.45, 7) is 4.60. The molecule has 0 aliphatic carbocycles. The number of halogens is 1. The van der Waals surface area contributed by atoms with E-state index in [1.54, 1.807) is 6.07 Å². The van der Waals surface area contributed by atoms with Gasteiger partial charge in [0.1, 0.15) is 0 Å². The summed E-state index contributed by atoms with van der Waals surface area (Å²) < 4.78 is 0. The minimum atomic E-state index is -0.0173. The van der Waals surface area contributed by atoms with Gasteiger partial charge in [0.25, 0.3) is 5.91 Å². The topological polar surface area (TPSA) is 48.8 Å². The Kier molecular flexibility index (Phi) is 7.04. The van der Waals surface area contributed by atoms with E-state index in [0.717, 1.165) is 37.8 Å². The first-order chi connectivity index (χ1) is 13.1. The molecule has 142 valence electrons. The second-order valence-electron chi connectivity index (χ2n) is 6.59. The molecule has 0 unspecified atom stereocenters. The molecule has 2 aromatic rings. The summed E-state index contributed by atoms with van der Waals surface area (Å²) in [5.41, 5.74) is 1.87. The molecule has 1 aliphatic rings. The number of carbonyl (C=O) groups excluding carboxylic acids is 1. The van der Waals surface area contributed by atoms with E-state index in [2.05, 4.69) is 27.7 Å². The van der Waals surface area contributed by atoms with Gasteiger partial charge in [0.2, 0.25) is 0 Å². The van der Waals surface area contributed by atoms with Crippen molar-refractivity contribution in [3.63, 3.8) is 0 Å². The number of quaternary nitrogens is 1. The highest BCUT2D eigenvalue weighted by molar-refractivity contribution is 7.80. The summed E-state index contributed by atoms with van der Waals surface area (Å²) in [7, 11) is 0. The van der Waals surface area contributed by atoms with Gasteiger partial charge >= 0.3 is 0 Å². The predicted octanol–water partition coefficient (Wildman–Crippen LogP) is 1.55. The van der Waals surface area contributed by atoms with Crippen molar-refractivity contribution in [2.24, 2.45) is 0 Å². The lowest BCUT2D eigenvalue weighted by Gasteiger charge is -2.33. The molecular formula is C20H24ClN4OS+. The predicted molar refractivity (Wildman–Crippen MR) is 113 cm³/mol. The molecule has 0 saturated carbocycles. The second-order valence-corrected chi connectivity index (χ2v) is 7.38. The number of nitrogens with one attached hydrogen (secondary N) is 3. The fraction of sp³-hybridized carbons (Fsp3) is 0.300. The van der Waals surface area contributed by atoms with Crippen LogP contribution in [0.1, 0.15) is 5.56 Å². The summed E-state index contributed by atoms with van der Waals surface area (Å²) in [5.74, 6) is -0.0173. The Labute approximate surface area is 170 Å². The van der Waals surface area contributed by atoms with Crippen molar-refractivity contribution in [1.29, 1.82) is 0 Å². The summed E-state index contributed by atoms with van der Waals surface area (Å²) >= 11 is 11.6. The number of nitrogens with zero attached hydrogens (tertiary/aromatic N) is 1. The molecule has 27 heavy (non-hydrogen) atoms. The molecule has 0 bridgehead atoms. The molecule has 0 atom stereocenters. The van der Waals surface area contributed by atoms with Gasteiger partial charge in [-0.25, -0.2) is 0 Å². The molecule has 3 N–H and O–H groups in total. The molecule has 1 heterocycles. The highest BCUT2D eigenvalue weighted by Crippen LogP contribution is 2.19. The van der Waals surface area contributed by atoms with Crippen molar-refractivity contribution in [3.05, 3.63) is 65.2 Å². The lowest BCUT2D eigenvalue weighted by atomic mass is 10.2. The number of anilines is 1. The Bertz CT molecular complexity index is 779. The zero-order chi connectivity index (χ0) is 19.1. The van der Waals surface area contributed by atoms with Crippen molar-refractivity contribution < 1.29 is 9.69 Å². The molecule has 0 spiro atoms. The van der Waals surface area contributed by atoms with Crippen molar-refractivity contribution in [2.45, 2.75) is 6.54 Å². The third-order valence-corrected chi connectivity index (χ3v) is 5.33. The Morgan fingerprint density at radius 1 is 1.07 bits per heavy atom. The number of hydrogen-bond donors (Lipinski definition) is 3. The molecule has 7 heteroatoms. The Balaban J connectivity index is 1.40. The van der Waals surface area contributed by atoms with Crippen molar-refractivity contribution in [3.8, 4) is 0 Å². The van der Waals surface area contributed by atoms with E-state index in [0.29, 0.717) is 17.3 Å². The van der Waals surface area contributed by atoms with Crippen LogP contribution in [0.5, 0.6) is 0 Å². The highest BCUT2D eigenvalue weighted by atomic mass is 35.5. The van der Waals surface area contributed by atoms with Gasteiger partial charge in [-0.15, -0.1) is 0 Å². The van der Waals surface area contributed by atoms with Crippen molar-refractivity contribution in [2.75, 3.05) is 38.0 Å². The Hall–Kier alpha value is -2.15. The van der Waals surface area contributed by atoms with E-state index >= 15 is 0 Å². The Morgan fingerprint density at radius 3 is 2.44 bits per heavy atom. The first-order valence-electron chi connectivity index (χ1n) is 9.06. The Morgan fingerprint density at radius 2 is 1.74 bits per heavy atom. The fourth-order valence-corrected chi connectivity index (χ4v) is 3.51. The van der Waals surface area contributed by atoms with Gasteiger partial charge in [0.05, 0.1) is 36.9 Å². The van der Waals surface area contributed by atoms with Crippen LogP contribution in [-0.4, -0.2) is 48.6 Å². The van der Waals surface area contributed by atoms with Crippen LogP contribution in [0.2, 0.25) is 5.02 Å². The van der Waals surface area contributed by atoms with Crippen LogP contribution >= 0.6 is 23.8 Å². The molecule has 3 rings (SSSR count). The van der Waals surface area contributed by atoms with Crippen molar-refractivity contribution in [1.82, 2.24) is 10.2 Å². The molecule has 1 saturated heterocycles. The molecule has 0 aromatic heterocycles. The van der Waals surface area contributed by atoms with Gasteiger partial charge in [-0.1, -0.05) is 54.1 Å².